The first-order valence-corrected chi connectivity index (χ1v) is 8.75. The first kappa shape index (κ1) is 17.5. The van der Waals surface area contributed by atoms with Crippen LogP contribution in [0.15, 0.2) is 42.6 Å². The summed E-state index contributed by atoms with van der Waals surface area (Å²) in [5, 5.41) is 6.74. The molecule has 1 aliphatic rings. The van der Waals surface area contributed by atoms with E-state index in [4.69, 9.17) is 4.74 Å². The van der Waals surface area contributed by atoms with Crippen LogP contribution in [-0.4, -0.2) is 39.8 Å². The second-order valence-electron chi connectivity index (χ2n) is 6.37. The highest BCUT2D eigenvalue weighted by Crippen LogP contribution is 2.26. The van der Waals surface area contributed by atoms with Gasteiger partial charge >= 0.3 is 0 Å². The molecular weight excluding hydrogens is 354 g/mol. The van der Waals surface area contributed by atoms with E-state index in [0.717, 1.165) is 17.4 Å². The molecule has 1 atom stereocenters. The van der Waals surface area contributed by atoms with E-state index in [1.807, 2.05) is 6.07 Å². The summed E-state index contributed by atoms with van der Waals surface area (Å²) < 4.78 is 33.6. The molecular formula is C19H18F2N4O2. The molecule has 27 heavy (non-hydrogen) atoms. The van der Waals surface area contributed by atoms with Crippen LogP contribution in [-0.2, 0) is 4.74 Å². The van der Waals surface area contributed by atoms with Crippen LogP contribution in [0.3, 0.4) is 0 Å². The van der Waals surface area contributed by atoms with E-state index in [1.54, 1.807) is 24.3 Å². The van der Waals surface area contributed by atoms with Crippen molar-refractivity contribution in [2.45, 2.75) is 25.4 Å². The highest BCUT2D eigenvalue weighted by atomic mass is 19.3. The molecule has 0 aliphatic carbocycles. The highest BCUT2D eigenvalue weighted by molar-refractivity contribution is 5.99. The van der Waals surface area contributed by atoms with Gasteiger partial charge in [0.05, 0.1) is 18.0 Å². The number of rotatable bonds is 5. The zero-order chi connectivity index (χ0) is 18.8. The second-order valence-corrected chi connectivity index (χ2v) is 6.37. The first-order valence-electron chi connectivity index (χ1n) is 8.75. The molecule has 0 unspecified atom stereocenters. The number of hydrogen-bond donors (Lipinski definition) is 1. The minimum Gasteiger partial charge on any atom is -0.376 e. The van der Waals surface area contributed by atoms with Gasteiger partial charge in [0.1, 0.15) is 11.3 Å². The summed E-state index contributed by atoms with van der Waals surface area (Å²) in [6.45, 7) is 1.06. The third-order valence-corrected chi connectivity index (χ3v) is 4.55. The lowest BCUT2D eigenvalue weighted by Crippen LogP contribution is -2.31. The number of nitrogens with zero attached hydrogens (tertiary/aromatic N) is 3. The molecule has 0 radical (unpaired) electrons. The van der Waals surface area contributed by atoms with Gasteiger partial charge < -0.3 is 10.1 Å². The number of aromatic nitrogens is 3. The number of ether oxygens (including phenoxy) is 1. The van der Waals surface area contributed by atoms with Crippen LogP contribution in [0.4, 0.5) is 8.78 Å². The quantitative estimate of drug-likeness (QED) is 0.747. The van der Waals surface area contributed by atoms with Gasteiger partial charge in [-0.25, -0.2) is 18.3 Å². The number of amides is 1. The topological polar surface area (TPSA) is 68.5 Å². The van der Waals surface area contributed by atoms with Crippen LogP contribution in [0, 0.1) is 0 Å². The summed E-state index contributed by atoms with van der Waals surface area (Å²) in [7, 11) is 0. The zero-order valence-electron chi connectivity index (χ0n) is 14.4. The number of alkyl halides is 2. The standard InChI is InChI=1S/C19H18F2N4O2/c20-17(21)16-9-15(12-5-2-1-3-6-12)24-18-14(11-23-25(16)18)19(26)22-10-13-7-4-8-27-13/h1-3,5-6,9,11,13,17H,4,7-8,10H2,(H,22,26)/t13-/m0/s1. The minimum atomic E-state index is -2.75. The van der Waals surface area contributed by atoms with Gasteiger partial charge in [0.25, 0.3) is 12.3 Å². The van der Waals surface area contributed by atoms with Gasteiger partial charge in [0.2, 0.25) is 0 Å². The first-order chi connectivity index (χ1) is 13.1. The molecule has 0 spiro atoms. The summed E-state index contributed by atoms with van der Waals surface area (Å²) >= 11 is 0. The Bertz CT molecular complexity index is 953. The van der Waals surface area contributed by atoms with E-state index in [1.165, 1.54) is 12.3 Å². The fourth-order valence-corrected chi connectivity index (χ4v) is 3.17. The average molecular weight is 372 g/mol. The van der Waals surface area contributed by atoms with E-state index in [-0.39, 0.29) is 23.0 Å². The van der Waals surface area contributed by atoms with Crippen molar-refractivity contribution in [1.82, 2.24) is 19.9 Å². The third-order valence-electron chi connectivity index (χ3n) is 4.55. The van der Waals surface area contributed by atoms with Crippen LogP contribution in [0.1, 0.15) is 35.3 Å². The van der Waals surface area contributed by atoms with Gasteiger partial charge in [-0.2, -0.15) is 5.10 Å². The van der Waals surface area contributed by atoms with Crippen molar-refractivity contribution in [3.05, 3.63) is 53.9 Å². The Kier molecular flexibility index (Phi) is 4.81. The van der Waals surface area contributed by atoms with Crippen LogP contribution >= 0.6 is 0 Å². The van der Waals surface area contributed by atoms with Gasteiger partial charge in [-0.05, 0) is 18.9 Å². The van der Waals surface area contributed by atoms with Gasteiger partial charge in [-0.1, -0.05) is 30.3 Å². The largest absolute Gasteiger partial charge is 0.376 e. The van der Waals surface area contributed by atoms with Crippen molar-refractivity contribution in [2.75, 3.05) is 13.2 Å². The van der Waals surface area contributed by atoms with Crippen LogP contribution in [0.25, 0.3) is 16.9 Å². The SMILES string of the molecule is O=C(NC[C@@H]1CCCO1)c1cnn2c(C(F)F)cc(-c3ccccc3)nc12. The molecule has 3 aromatic rings. The summed E-state index contributed by atoms with van der Waals surface area (Å²) in [6.07, 6.45) is 0.368. The maximum absolute atomic E-state index is 13.5. The maximum Gasteiger partial charge on any atom is 0.280 e. The summed E-state index contributed by atoms with van der Waals surface area (Å²) in [5.41, 5.74) is 1.02. The van der Waals surface area contributed by atoms with Gasteiger partial charge in [-0.15, -0.1) is 0 Å². The number of carbonyl (C=O) groups is 1. The number of carbonyl (C=O) groups excluding carboxylic acids is 1. The lowest BCUT2D eigenvalue weighted by atomic mass is 10.1. The van der Waals surface area contributed by atoms with Gasteiger partial charge in [0, 0.05) is 18.7 Å². The maximum atomic E-state index is 13.5. The Morgan fingerprint density at radius 2 is 2.15 bits per heavy atom. The predicted octanol–water partition coefficient (Wildman–Crippen LogP) is 3.24. The molecule has 8 heteroatoms. The molecule has 1 amide bonds. The minimum absolute atomic E-state index is 0.0137. The number of hydrogen-bond acceptors (Lipinski definition) is 4. The van der Waals surface area contributed by atoms with Crippen molar-refractivity contribution in [3.63, 3.8) is 0 Å². The molecule has 6 nitrogen and oxygen atoms in total. The fourth-order valence-electron chi connectivity index (χ4n) is 3.17. The highest BCUT2D eigenvalue weighted by Gasteiger charge is 2.22. The number of fused-ring (bicyclic) bond motifs is 1. The van der Waals surface area contributed by atoms with E-state index in [0.29, 0.717) is 24.4 Å². The van der Waals surface area contributed by atoms with Gasteiger partial charge in [0.15, 0.2) is 5.65 Å². The lowest BCUT2D eigenvalue weighted by molar-refractivity contribution is 0.0859. The van der Waals surface area contributed by atoms with Crippen molar-refractivity contribution < 1.29 is 18.3 Å². The lowest BCUT2D eigenvalue weighted by Gasteiger charge is -2.11. The molecule has 1 aliphatic heterocycles. The molecule has 1 N–H and O–H groups in total. The Morgan fingerprint density at radius 1 is 1.33 bits per heavy atom. The van der Waals surface area contributed by atoms with Gasteiger partial charge in [-0.3, -0.25) is 4.79 Å². The van der Waals surface area contributed by atoms with E-state index in [9.17, 15) is 13.6 Å². The zero-order valence-corrected chi connectivity index (χ0v) is 14.4. The molecule has 140 valence electrons. The number of nitrogens with one attached hydrogen (secondary N) is 1. The molecule has 1 aromatic carbocycles. The summed E-state index contributed by atoms with van der Waals surface area (Å²) in [6, 6.07) is 10.3. The van der Waals surface area contributed by atoms with Crippen molar-refractivity contribution >= 4 is 11.6 Å². The van der Waals surface area contributed by atoms with Crippen LogP contribution in [0.5, 0.6) is 0 Å². The molecule has 0 saturated carbocycles. The molecule has 4 rings (SSSR count). The van der Waals surface area contributed by atoms with Crippen molar-refractivity contribution in [3.8, 4) is 11.3 Å². The monoisotopic (exact) mass is 372 g/mol. The summed E-state index contributed by atoms with van der Waals surface area (Å²) in [4.78, 5) is 17.0. The average Bonchev–Trinajstić information content (AvgIpc) is 3.35. The number of halogens is 2. The smallest absolute Gasteiger partial charge is 0.280 e. The Morgan fingerprint density at radius 3 is 2.85 bits per heavy atom. The molecule has 1 saturated heterocycles. The van der Waals surface area contributed by atoms with E-state index in [2.05, 4.69) is 15.4 Å². The van der Waals surface area contributed by atoms with Crippen molar-refractivity contribution in [2.24, 2.45) is 0 Å². The Hall–Kier alpha value is -2.87. The Labute approximate surface area is 154 Å². The molecule has 1 fully saturated rings. The van der Waals surface area contributed by atoms with Crippen molar-refractivity contribution in [1.29, 1.82) is 0 Å². The molecule has 3 heterocycles. The fraction of sp³-hybridized carbons (Fsp3) is 0.316. The Balaban J connectivity index is 1.71. The van der Waals surface area contributed by atoms with E-state index >= 15 is 0 Å². The molecule has 0 bridgehead atoms. The molecule has 2 aromatic heterocycles. The third kappa shape index (κ3) is 3.52. The normalized spacial score (nSPS) is 16.9. The number of benzene rings is 1. The summed E-state index contributed by atoms with van der Waals surface area (Å²) in [5.74, 6) is -0.404. The van der Waals surface area contributed by atoms with Crippen LogP contribution < -0.4 is 5.32 Å². The predicted molar refractivity (Wildman–Crippen MR) is 94.7 cm³/mol. The second kappa shape index (κ2) is 7.40. The van der Waals surface area contributed by atoms with E-state index < -0.39 is 12.3 Å². The van der Waals surface area contributed by atoms with Crippen LogP contribution in [0.2, 0.25) is 0 Å².